The van der Waals surface area contributed by atoms with Gasteiger partial charge in [0.1, 0.15) is 18.1 Å². The molecule has 0 aliphatic carbocycles. The van der Waals surface area contributed by atoms with E-state index in [9.17, 15) is 4.79 Å². The van der Waals surface area contributed by atoms with Crippen LogP contribution in [0, 0.1) is 0 Å². The van der Waals surface area contributed by atoms with E-state index in [0.29, 0.717) is 17.3 Å². The van der Waals surface area contributed by atoms with E-state index in [0.717, 1.165) is 4.47 Å². The molecule has 0 radical (unpaired) electrons. The molecule has 3 N–H and O–H groups in total. The first kappa shape index (κ1) is 13.4. The van der Waals surface area contributed by atoms with Gasteiger partial charge in [0.15, 0.2) is 0 Å². The van der Waals surface area contributed by atoms with E-state index < -0.39 is 0 Å². The fraction of sp³-hybridized carbons (Fsp3) is 0.167. The predicted molar refractivity (Wildman–Crippen MR) is 76.0 cm³/mol. The molecule has 0 aliphatic rings. The zero-order chi connectivity index (χ0) is 13.8. The first-order chi connectivity index (χ1) is 9.08. The normalized spacial score (nSPS) is 10.2. The molecule has 0 bridgehead atoms. The number of carbonyl (C=O) groups excluding carboxylic acids is 1. The molecule has 0 atom stereocenters. The number of amides is 1. The molecule has 0 fully saturated rings. The number of rotatable bonds is 4. The van der Waals surface area contributed by atoms with Crippen LogP contribution in [0.5, 0.6) is 5.75 Å². The van der Waals surface area contributed by atoms with E-state index in [1.54, 1.807) is 31.5 Å². The zero-order valence-corrected chi connectivity index (χ0v) is 11.8. The smallest absolute Gasteiger partial charge is 0.246 e. The van der Waals surface area contributed by atoms with E-state index in [-0.39, 0.29) is 12.5 Å². The molecule has 1 aromatic carbocycles. The van der Waals surface area contributed by atoms with Crippen molar-refractivity contribution in [1.82, 2.24) is 9.78 Å². The summed E-state index contributed by atoms with van der Waals surface area (Å²) in [6, 6.07) is 7.01. The number of benzene rings is 1. The number of nitrogens with two attached hydrogens (primary N) is 1. The number of nitrogens with one attached hydrogen (secondary N) is 1. The van der Waals surface area contributed by atoms with Crippen LogP contribution in [-0.2, 0) is 11.3 Å². The molecule has 1 amide bonds. The first-order valence-corrected chi connectivity index (χ1v) is 6.30. The molecule has 0 aliphatic heterocycles. The largest absolute Gasteiger partial charge is 0.495 e. The Morgan fingerprint density at radius 2 is 2.32 bits per heavy atom. The lowest BCUT2D eigenvalue weighted by Crippen LogP contribution is -2.19. The highest BCUT2D eigenvalue weighted by atomic mass is 79.9. The molecular formula is C12H13BrN4O2. The minimum absolute atomic E-state index is 0.0901. The number of anilines is 2. The Kier molecular flexibility index (Phi) is 4.06. The minimum Gasteiger partial charge on any atom is -0.495 e. The quantitative estimate of drug-likeness (QED) is 0.899. The number of hydrogen-bond acceptors (Lipinski definition) is 4. The molecule has 1 aromatic heterocycles. The van der Waals surface area contributed by atoms with Crippen LogP contribution in [0.15, 0.2) is 34.9 Å². The third-order valence-electron chi connectivity index (χ3n) is 2.40. The summed E-state index contributed by atoms with van der Waals surface area (Å²) >= 11 is 3.34. The van der Waals surface area contributed by atoms with Gasteiger partial charge in [0.2, 0.25) is 5.91 Å². The predicted octanol–water partition coefficient (Wildman–Crippen LogP) is 1.88. The minimum atomic E-state index is -0.209. The molecular weight excluding hydrogens is 312 g/mol. The summed E-state index contributed by atoms with van der Waals surface area (Å²) in [6.07, 6.45) is 1.65. The lowest BCUT2D eigenvalue weighted by molar-refractivity contribution is -0.116. The molecule has 19 heavy (non-hydrogen) atoms. The number of halogens is 1. The number of carbonyl (C=O) groups is 1. The molecule has 0 saturated heterocycles. The molecule has 0 saturated carbocycles. The lowest BCUT2D eigenvalue weighted by Gasteiger charge is -2.10. The summed E-state index contributed by atoms with van der Waals surface area (Å²) < 4.78 is 7.50. The molecule has 0 unspecified atom stereocenters. The number of nitrogen functional groups attached to an aromatic ring is 1. The summed E-state index contributed by atoms with van der Waals surface area (Å²) in [5.74, 6) is 0.767. The number of ether oxygens (including phenoxy) is 1. The number of methoxy groups -OCH3 is 1. The van der Waals surface area contributed by atoms with Gasteiger partial charge in [0.25, 0.3) is 0 Å². The van der Waals surface area contributed by atoms with Gasteiger partial charge in [-0.25, -0.2) is 0 Å². The van der Waals surface area contributed by atoms with Crippen molar-refractivity contribution in [3.8, 4) is 5.75 Å². The molecule has 100 valence electrons. The Balaban J connectivity index is 2.08. The van der Waals surface area contributed by atoms with Gasteiger partial charge in [-0.3, -0.25) is 9.48 Å². The molecule has 1 heterocycles. The molecule has 2 rings (SSSR count). The zero-order valence-electron chi connectivity index (χ0n) is 10.3. The van der Waals surface area contributed by atoms with Crippen LogP contribution in [-0.4, -0.2) is 22.8 Å². The lowest BCUT2D eigenvalue weighted by atomic mass is 10.3. The maximum Gasteiger partial charge on any atom is 0.246 e. The monoisotopic (exact) mass is 324 g/mol. The first-order valence-electron chi connectivity index (χ1n) is 5.51. The Morgan fingerprint density at radius 1 is 1.53 bits per heavy atom. The highest BCUT2D eigenvalue weighted by Gasteiger charge is 2.09. The molecule has 2 aromatic rings. The van der Waals surface area contributed by atoms with E-state index in [1.807, 2.05) is 6.07 Å². The van der Waals surface area contributed by atoms with E-state index in [2.05, 4.69) is 26.3 Å². The number of aromatic nitrogens is 2. The highest BCUT2D eigenvalue weighted by Crippen LogP contribution is 2.27. The van der Waals surface area contributed by atoms with E-state index in [1.165, 1.54) is 4.68 Å². The van der Waals surface area contributed by atoms with Crippen molar-refractivity contribution in [3.63, 3.8) is 0 Å². The average molecular weight is 325 g/mol. The van der Waals surface area contributed by atoms with Crippen LogP contribution in [0.1, 0.15) is 0 Å². The van der Waals surface area contributed by atoms with Crippen LogP contribution in [0.3, 0.4) is 0 Å². The van der Waals surface area contributed by atoms with Gasteiger partial charge in [0, 0.05) is 10.7 Å². The molecule has 0 spiro atoms. The van der Waals surface area contributed by atoms with Crippen molar-refractivity contribution in [2.24, 2.45) is 0 Å². The van der Waals surface area contributed by atoms with Gasteiger partial charge in [-0.2, -0.15) is 5.10 Å². The Morgan fingerprint density at radius 3 is 2.95 bits per heavy atom. The summed E-state index contributed by atoms with van der Waals surface area (Å²) in [6.45, 7) is 0.0901. The van der Waals surface area contributed by atoms with Crippen LogP contribution < -0.4 is 15.8 Å². The van der Waals surface area contributed by atoms with Gasteiger partial charge in [-0.1, -0.05) is 15.9 Å². The Bertz CT molecular complexity index is 597. The highest BCUT2D eigenvalue weighted by molar-refractivity contribution is 9.10. The maximum atomic E-state index is 11.9. The topological polar surface area (TPSA) is 82.2 Å². The van der Waals surface area contributed by atoms with E-state index >= 15 is 0 Å². The average Bonchev–Trinajstić information content (AvgIpc) is 2.75. The number of nitrogens with zero attached hydrogens (tertiary/aromatic N) is 2. The summed E-state index contributed by atoms with van der Waals surface area (Å²) in [7, 11) is 1.55. The van der Waals surface area contributed by atoms with Crippen molar-refractivity contribution in [2.75, 3.05) is 18.2 Å². The summed E-state index contributed by atoms with van der Waals surface area (Å²) in [5.41, 5.74) is 6.08. The van der Waals surface area contributed by atoms with Crippen molar-refractivity contribution in [1.29, 1.82) is 0 Å². The van der Waals surface area contributed by atoms with Crippen LogP contribution >= 0.6 is 15.9 Å². The second-order valence-electron chi connectivity index (χ2n) is 3.83. The van der Waals surface area contributed by atoms with E-state index in [4.69, 9.17) is 10.5 Å². The van der Waals surface area contributed by atoms with Gasteiger partial charge < -0.3 is 15.8 Å². The fourth-order valence-electron chi connectivity index (χ4n) is 1.58. The maximum absolute atomic E-state index is 11.9. The van der Waals surface area contributed by atoms with Crippen molar-refractivity contribution >= 4 is 33.3 Å². The van der Waals surface area contributed by atoms with Gasteiger partial charge >= 0.3 is 0 Å². The van der Waals surface area contributed by atoms with Gasteiger partial charge in [0.05, 0.1) is 12.8 Å². The van der Waals surface area contributed by atoms with Crippen molar-refractivity contribution < 1.29 is 9.53 Å². The molecule has 6 nitrogen and oxygen atoms in total. The van der Waals surface area contributed by atoms with Crippen molar-refractivity contribution in [2.45, 2.75) is 6.54 Å². The van der Waals surface area contributed by atoms with Crippen LogP contribution in [0.2, 0.25) is 0 Å². The SMILES string of the molecule is COc1ccc(Br)cc1NC(=O)Cn1ccc(N)n1. The standard InChI is InChI=1S/C12H13BrN4O2/c1-19-10-3-2-8(13)6-9(10)15-12(18)7-17-5-4-11(14)16-17/h2-6H,7H2,1H3,(H2,14,16)(H,15,18). The van der Waals surface area contributed by atoms with Crippen LogP contribution in [0.4, 0.5) is 11.5 Å². The second-order valence-corrected chi connectivity index (χ2v) is 4.75. The number of hydrogen-bond donors (Lipinski definition) is 2. The Labute approximate surface area is 118 Å². The van der Waals surface area contributed by atoms with Gasteiger partial charge in [-0.05, 0) is 24.3 Å². The molecule has 7 heteroatoms. The Hall–Kier alpha value is -2.02. The third-order valence-corrected chi connectivity index (χ3v) is 2.90. The summed E-state index contributed by atoms with van der Waals surface area (Å²) in [5, 5.41) is 6.71. The third kappa shape index (κ3) is 3.47. The van der Waals surface area contributed by atoms with Crippen molar-refractivity contribution in [3.05, 3.63) is 34.9 Å². The fourth-order valence-corrected chi connectivity index (χ4v) is 1.94. The second kappa shape index (κ2) is 5.75. The van der Waals surface area contributed by atoms with Gasteiger partial charge in [-0.15, -0.1) is 0 Å². The van der Waals surface area contributed by atoms with Crippen LogP contribution in [0.25, 0.3) is 0 Å². The summed E-state index contributed by atoms with van der Waals surface area (Å²) in [4.78, 5) is 11.9.